The predicted molar refractivity (Wildman–Crippen MR) is 80.0 cm³/mol. The summed E-state index contributed by atoms with van der Waals surface area (Å²) in [4.78, 5) is 8.41. The molecule has 0 atom stereocenters. The van der Waals surface area contributed by atoms with Crippen LogP contribution >= 0.6 is 0 Å². The molecule has 0 radical (unpaired) electrons. The van der Waals surface area contributed by atoms with Crippen molar-refractivity contribution in [2.45, 2.75) is 20.3 Å². The molecule has 21 heavy (non-hydrogen) atoms. The lowest BCUT2D eigenvalue weighted by Crippen LogP contribution is -1.99. The molecule has 0 saturated carbocycles. The zero-order valence-electron chi connectivity index (χ0n) is 12.2. The minimum absolute atomic E-state index is 0.482. The number of aromatic nitrogens is 3. The molecule has 2 aromatic heterocycles. The summed E-state index contributed by atoms with van der Waals surface area (Å²) in [7, 11) is 1.64. The van der Waals surface area contributed by atoms with E-state index in [1.54, 1.807) is 7.11 Å². The van der Waals surface area contributed by atoms with Gasteiger partial charge in [-0.2, -0.15) is 4.98 Å². The zero-order chi connectivity index (χ0) is 14.8. The number of fused-ring (bicyclic) bond motifs is 1. The number of rotatable bonds is 4. The molecule has 0 saturated heterocycles. The molecule has 0 aliphatic heterocycles. The van der Waals surface area contributed by atoms with Crippen LogP contribution in [0.5, 0.6) is 5.75 Å². The van der Waals surface area contributed by atoms with Crippen LogP contribution in [0, 0.1) is 6.92 Å². The fourth-order valence-electron chi connectivity index (χ4n) is 2.23. The van der Waals surface area contributed by atoms with Gasteiger partial charge in [-0.15, -0.1) is 0 Å². The summed E-state index contributed by atoms with van der Waals surface area (Å²) in [5, 5.41) is 8.13. The maximum absolute atomic E-state index is 5.38. The summed E-state index contributed by atoms with van der Waals surface area (Å²) in [6.07, 6.45) is 2.21. The van der Waals surface area contributed by atoms with E-state index in [4.69, 9.17) is 9.26 Å². The maximum Gasteiger partial charge on any atom is 0.263 e. The highest BCUT2D eigenvalue weighted by Crippen LogP contribution is 2.31. The van der Waals surface area contributed by atoms with Gasteiger partial charge < -0.3 is 14.6 Å². The van der Waals surface area contributed by atoms with E-state index < -0.39 is 0 Å². The molecule has 3 rings (SSSR count). The lowest BCUT2D eigenvalue weighted by atomic mass is 10.2. The quantitative estimate of drug-likeness (QED) is 0.793. The van der Waals surface area contributed by atoms with Crippen LogP contribution in [0.3, 0.4) is 0 Å². The van der Waals surface area contributed by atoms with Crippen molar-refractivity contribution in [1.29, 1.82) is 0 Å². The minimum atomic E-state index is 0.482. The van der Waals surface area contributed by atoms with Crippen molar-refractivity contribution in [3.8, 4) is 5.75 Å². The lowest BCUT2D eigenvalue weighted by Gasteiger charge is -2.11. The van der Waals surface area contributed by atoms with E-state index >= 15 is 0 Å². The molecular weight excluding hydrogens is 268 g/mol. The Morgan fingerprint density at radius 2 is 2.14 bits per heavy atom. The van der Waals surface area contributed by atoms with Crippen LogP contribution in [-0.4, -0.2) is 22.2 Å². The highest BCUT2D eigenvalue weighted by Gasteiger charge is 2.15. The highest BCUT2D eigenvalue weighted by atomic mass is 16.5. The van der Waals surface area contributed by atoms with Crippen LogP contribution in [0.4, 0.5) is 11.5 Å². The first-order chi connectivity index (χ1) is 10.2. The van der Waals surface area contributed by atoms with Gasteiger partial charge in [-0.1, -0.05) is 18.1 Å². The third-order valence-electron chi connectivity index (χ3n) is 3.29. The van der Waals surface area contributed by atoms with Crippen molar-refractivity contribution in [2.75, 3.05) is 12.4 Å². The second-order valence-corrected chi connectivity index (χ2v) is 4.71. The first kappa shape index (κ1) is 13.4. The molecule has 0 amide bonds. The third-order valence-corrected chi connectivity index (χ3v) is 3.29. The number of nitrogens with zero attached hydrogens (tertiary/aromatic N) is 3. The molecule has 6 nitrogen and oxygen atoms in total. The van der Waals surface area contributed by atoms with E-state index in [0.717, 1.165) is 34.5 Å². The van der Waals surface area contributed by atoms with Crippen LogP contribution in [0.25, 0.3) is 11.1 Å². The van der Waals surface area contributed by atoms with Gasteiger partial charge in [0.25, 0.3) is 5.71 Å². The van der Waals surface area contributed by atoms with Gasteiger partial charge in [0.2, 0.25) is 0 Å². The molecular formula is C15H16N4O2. The summed E-state index contributed by atoms with van der Waals surface area (Å²) in [6, 6.07) is 5.92. The average molecular weight is 284 g/mol. The van der Waals surface area contributed by atoms with E-state index in [1.165, 1.54) is 6.33 Å². The van der Waals surface area contributed by atoms with Gasteiger partial charge in [-0.3, -0.25) is 0 Å². The van der Waals surface area contributed by atoms with Gasteiger partial charge in [0.1, 0.15) is 23.3 Å². The molecule has 0 unspecified atom stereocenters. The Hall–Kier alpha value is -2.63. The minimum Gasteiger partial charge on any atom is -0.495 e. The van der Waals surface area contributed by atoms with E-state index in [-0.39, 0.29) is 0 Å². The van der Waals surface area contributed by atoms with Gasteiger partial charge in [-0.05, 0) is 31.0 Å². The number of benzene rings is 1. The summed E-state index contributed by atoms with van der Waals surface area (Å²) < 4.78 is 10.6. The Morgan fingerprint density at radius 1 is 1.29 bits per heavy atom. The van der Waals surface area contributed by atoms with Crippen LogP contribution < -0.4 is 10.1 Å². The predicted octanol–water partition coefficient (Wildman–Crippen LogP) is 3.24. The van der Waals surface area contributed by atoms with Crippen LogP contribution in [0.1, 0.15) is 18.2 Å². The summed E-state index contributed by atoms with van der Waals surface area (Å²) in [6.45, 7) is 4.04. The molecule has 108 valence electrons. The molecule has 3 aromatic rings. The number of hydrogen-bond donors (Lipinski definition) is 1. The first-order valence-electron chi connectivity index (χ1n) is 6.73. The van der Waals surface area contributed by atoms with E-state index in [0.29, 0.717) is 11.5 Å². The molecule has 0 fully saturated rings. The number of hydrogen-bond acceptors (Lipinski definition) is 6. The molecule has 1 aromatic carbocycles. The van der Waals surface area contributed by atoms with Gasteiger partial charge in [0.05, 0.1) is 18.5 Å². The number of ether oxygens (including phenoxy) is 1. The van der Waals surface area contributed by atoms with Gasteiger partial charge in [0.15, 0.2) is 0 Å². The summed E-state index contributed by atoms with van der Waals surface area (Å²) in [5.41, 5.74) is 3.29. The monoisotopic (exact) mass is 284 g/mol. The Morgan fingerprint density at radius 3 is 2.90 bits per heavy atom. The van der Waals surface area contributed by atoms with E-state index in [2.05, 4.69) is 20.4 Å². The van der Waals surface area contributed by atoms with Crippen LogP contribution in [0.15, 0.2) is 29.0 Å². The van der Waals surface area contributed by atoms with Crippen LogP contribution in [0.2, 0.25) is 0 Å². The Labute approximate surface area is 122 Å². The standard InChI is InChI=1S/C15H16N4O2/c1-4-10-13-14(16-8-17-15(13)21-19-10)18-11-7-9(2)5-6-12(11)20-3/h5-8H,4H2,1-3H3,(H,16,17,18). The van der Waals surface area contributed by atoms with Crippen molar-refractivity contribution < 1.29 is 9.26 Å². The zero-order valence-corrected chi connectivity index (χ0v) is 12.2. The topological polar surface area (TPSA) is 73.1 Å². The second-order valence-electron chi connectivity index (χ2n) is 4.71. The second kappa shape index (κ2) is 5.40. The van der Waals surface area contributed by atoms with E-state index in [9.17, 15) is 0 Å². The summed E-state index contributed by atoms with van der Waals surface area (Å²) in [5.74, 6) is 1.42. The number of aryl methyl sites for hydroxylation is 2. The van der Waals surface area contributed by atoms with Crippen LogP contribution in [-0.2, 0) is 6.42 Å². The normalized spacial score (nSPS) is 10.8. The number of nitrogens with one attached hydrogen (secondary N) is 1. The maximum atomic E-state index is 5.38. The fourth-order valence-corrected chi connectivity index (χ4v) is 2.23. The lowest BCUT2D eigenvalue weighted by molar-refractivity contribution is 0.416. The fraction of sp³-hybridized carbons (Fsp3) is 0.267. The highest BCUT2D eigenvalue weighted by molar-refractivity contribution is 5.90. The molecule has 0 aliphatic rings. The van der Waals surface area contributed by atoms with Crippen molar-refractivity contribution in [3.63, 3.8) is 0 Å². The van der Waals surface area contributed by atoms with Gasteiger partial charge in [-0.25, -0.2) is 4.98 Å². The summed E-state index contributed by atoms with van der Waals surface area (Å²) >= 11 is 0. The van der Waals surface area contributed by atoms with E-state index in [1.807, 2.05) is 32.0 Å². The molecule has 0 bridgehead atoms. The van der Waals surface area contributed by atoms with Gasteiger partial charge in [0, 0.05) is 0 Å². The van der Waals surface area contributed by atoms with Crippen molar-refractivity contribution in [3.05, 3.63) is 35.8 Å². The Kier molecular flexibility index (Phi) is 3.43. The van der Waals surface area contributed by atoms with Crippen molar-refractivity contribution >= 4 is 22.6 Å². The number of methoxy groups -OCH3 is 1. The van der Waals surface area contributed by atoms with Crippen molar-refractivity contribution in [1.82, 2.24) is 15.1 Å². The van der Waals surface area contributed by atoms with Crippen molar-refractivity contribution in [2.24, 2.45) is 0 Å². The largest absolute Gasteiger partial charge is 0.495 e. The molecule has 1 N–H and O–H groups in total. The smallest absolute Gasteiger partial charge is 0.263 e. The molecule has 6 heteroatoms. The first-order valence-corrected chi connectivity index (χ1v) is 6.73. The Balaban J connectivity index is 2.10. The average Bonchev–Trinajstić information content (AvgIpc) is 2.92. The third kappa shape index (κ3) is 2.40. The molecule has 0 aliphatic carbocycles. The molecule has 2 heterocycles. The number of anilines is 2. The SMILES string of the molecule is CCc1noc2ncnc(Nc3cc(C)ccc3OC)c12. The Bertz CT molecular complexity index is 782. The molecule has 0 spiro atoms. The van der Waals surface area contributed by atoms with Gasteiger partial charge >= 0.3 is 0 Å².